The number of benzene rings is 1. The third-order valence-corrected chi connectivity index (χ3v) is 5.43. The zero-order chi connectivity index (χ0) is 14.6. The van der Waals surface area contributed by atoms with E-state index in [9.17, 15) is 8.42 Å². The molecule has 0 spiro atoms. The molecule has 0 aromatic heterocycles. The van der Waals surface area contributed by atoms with Crippen molar-refractivity contribution in [3.05, 3.63) is 29.8 Å². The molecule has 1 aromatic carbocycles. The molecular formula is C14H18N2O3S. The minimum absolute atomic E-state index is 0.0977. The molecule has 6 heteroatoms. The van der Waals surface area contributed by atoms with E-state index in [-0.39, 0.29) is 16.4 Å². The molecule has 1 aromatic rings. The van der Waals surface area contributed by atoms with E-state index in [0.29, 0.717) is 19.7 Å². The lowest BCUT2D eigenvalue weighted by Gasteiger charge is -2.31. The average molecular weight is 294 g/mol. The Morgan fingerprint density at radius 3 is 2.90 bits per heavy atom. The van der Waals surface area contributed by atoms with Gasteiger partial charge in [0.2, 0.25) is 10.0 Å². The summed E-state index contributed by atoms with van der Waals surface area (Å²) in [5.41, 5.74) is 0.196. The van der Waals surface area contributed by atoms with Gasteiger partial charge in [-0.3, -0.25) is 0 Å². The Balaban J connectivity index is 2.28. The lowest BCUT2D eigenvalue weighted by Crippen LogP contribution is -2.41. The molecule has 2 rings (SSSR count). The predicted octanol–water partition coefficient (Wildman–Crippen LogP) is 1.61. The minimum atomic E-state index is -3.60. The molecule has 20 heavy (non-hydrogen) atoms. The first kappa shape index (κ1) is 15.0. The van der Waals surface area contributed by atoms with Crippen molar-refractivity contribution in [1.82, 2.24) is 4.31 Å². The van der Waals surface area contributed by atoms with E-state index < -0.39 is 10.0 Å². The van der Waals surface area contributed by atoms with Crippen LogP contribution in [0.15, 0.2) is 29.2 Å². The van der Waals surface area contributed by atoms with Crippen LogP contribution in [-0.4, -0.2) is 39.5 Å². The van der Waals surface area contributed by atoms with Gasteiger partial charge in [0.15, 0.2) is 0 Å². The summed E-state index contributed by atoms with van der Waals surface area (Å²) in [7, 11) is -1.98. The fourth-order valence-corrected chi connectivity index (χ4v) is 4.24. The van der Waals surface area contributed by atoms with Crippen molar-refractivity contribution in [3.63, 3.8) is 0 Å². The molecule has 0 amide bonds. The molecule has 0 aliphatic carbocycles. The molecule has 1 heterocycles. The summed E-state index contributed by atoms with van der Waals surface area (Å²) < 4.78 is 31.9. The van der Waals surface area contributed by atoms with E-state index in [4.69, 9.17) is 10.00 Å². The summed E-state index contributed by atoms with van der Waals surface area (Å²) in [6.07, 6.45) is 1.79. The molecule has 0 N–H and O–H groups in total. The summed E-state index contributed by atoms with van der Waals surface area (Å²) in [4.78, 5) is 0.0977. The smallest absolute Gasteiger partial charge is 0.244 e. The Hall–Kier alpha value is -1.42. The maximum absolute atomic E-state index is 12.7. The highest BCUT2D eigenvalue weighted by atomic mass is 32.2. The van der Waals surface area contributed by atoms with Crippen LogP contribution in [0.4, 0.5) is 0 Å². The molecule has 0 bridgehead atoms. The monoisotopic (exact) mass is 294 g/mol. The first-order valence-corrected chi connectivity index (χ1v) is 8.02. The van der Waals surface area contributed by atoms with E-state index in [1.165, 1.54) is 16.4 Å². The lowest BCUT2D eigenvalue weighted by molar-refractivity contribution is 0.118. The third kappa shape index (κ3) is 3.01. The van der Waals surface area contributed by atoms with Crippen molar-refractivity contribution in [2.45, 2.75) is 17.7 Å². The number of piperidine rings is 1. The maximum Gasteiger partial charge on any atom is 0.244 e. The molecule has 0 saturated carbocycles. The fourth-order valence-electron chi connectivity index (χ4n) is 2.54. The highest BCUT2D eigenvalue weighted by Gasteiger charge is 2.31. The van der Waals surface area contributed by atoms with Crippen molar-refractivity contribution in [2.75, 3.05) is 26.8 Å². The topological polar surface area (TPSA) is 70.4 Å². The van der Waals surface area contributed by atoms with Crippen LogP contribution >= 0.6 is 0 Å². The summed E-state index contributed by atoms with van der Waals surface area (Å²) in [6, 6.07) is 8.28. The van der Waals surface area contributed by atoms with Gasteiger partial charge in [0.05, 0.1) is 17.1 Å². The van der Waals surface area contributed by atoms with E-state index in [2.05, 4.69) is 0 Å². The molecule has 1 aliphatic rings. The van der Waals surface area contributed by atoms with Crippen LogP contribution in [0.1, 0.15) is 18.4 Å². The Bertz CT molecular complexity index is 605. The quantitative estimate of drug-likeness (QED) is 0.846. The van der Waals surface area contributed by atoms with E-state index in [0.717, 1.165) is 12.8 Å². The Morgan fingerprint density at radius 1 is 1.45 bits per heavy atom. The van der Waals surface area contributed by atoms with Gasteiger partial charge >= 0.3 is 0 Å². The van der Waals surface area contributed by atoms with Crippen LogP contribution in [0, 0.1) is 17.2 Å². The molecule has 1 atom stereocenters. The second-order valence-corrected chi connectivity index (χ2v) is 6.84. The molecule has 108 valence electrons. The number of nitriles is 1. The van der Waals surface area contributed by atoms with Crippen LogP contribution in [0.3, 0.4) is 0 Å². The predicted molar refractivity (Wildman–Crippen MR) is 74.5 cm³/mol. The van der Waals surface area contributed by atoms with Crippen LogP contribution < -0.4 is 0 Å². The van der Waals surface area contributed by atoms with Gasteiger partial charge in [0.25, 0.3) is 0 Å². The van der Waals surface area contributed by atoms with Crippen LogP contribution in [0.25, 0.3) is 0 Å². The first-order chi connectivity index (χ1) is 9.59. The SMILES string of the molecule is COCC1CCCN(S(=O)(=O)c2ccccc2C#N)C1. The Morgan fingerprint density at radius 2 is 2.20 bits per heavy atom. The van der Waals surface area contributed by atoms with Crippen LogP contribution in [0.2, 0.25) is 0 Å². The maximum atomic E-state index is 12.7. The van der Waals surface area contributed by atoms with Crippen molar-refractivity contribution in [3.8, 4) is 6.07 Å². The lowest BCUT2D eigenvalue weighted by atomic mass is 10.0. The molecule has 1 unspecified atom stereocenters. The number of hydrogen-bond donors (Lipinski definition) is 0. The Kier molecular flexibility index (Phi) is 4.76. The van der Waals surface area contributed by atoms with Crippen LogP contribution in [-0.2, 0) is 14.8 Å². The summed E-state index contributed by atoms with van der Waals surface area (Å²) in [5.74, 6) is 0.220. The molecule has 1 aliphatic heterocycles. The van der Waals surface area contributed by atoms with Gasteiger partial charge < -0.3 is 4.74 Å². The summed E-state index contributed by atoms with van der Waals surface area (Å²) >= 11 is 0. The van der Waals surface area contributed by atoms with E-state index in [1.54, 1.807) is 19.2 Å². The molecule has 5 nitrogen and oxygen atoms in total. The summed E-state index contributed by atoms with van der Waals surface area (Å²) in [5, 5.41) is 9.06. The summed E-state index contributed by atoms with van der Waals surface area (Å²) in [6.45, 7) is 1.52. The highest BCUT2D eigenvalue weighted by molar-refractivity contribution is 7.89. The van der Waals surface area contributed by atoms with Gasteiger partial charge in [-0.05, 0) is 30.9 Å². The molecular weight excluding hydrogens is 276 g/mol. The first-order valence-electron chi connectivity index (χ1n) is 6.58. The van der Waals surface area contributed by atoms with Crippen molar-refractivity contribution >= 4 is 10.0 Å². The number of hydrogen-bond acceptors (Lipinski definition) is 4. The number of rotatable bonds is 4. The minimum Gasteiger partial charge on any atom is -0.384 e. The number of sulfonamides is 1. The Labute approximate surface area is 119 Å². The van der Waals surface area contributed by atoms with Gasteiger partial charge in [-0.15, -0.1) is 0 Å². The molecule has 1 saturated heterocycles. The van der Waals surface area contributed by atoms with Gasteiger partial charge in [-0.2, -0.15) is 9.57 Å². The van der Waals surface area contributed by atoms with E-state index in [1.807, 2.05) is 6.07 Å². The fraction of sp³-hybridized carbons (Fsp3) is 0.500. The zero-order valence-corrected chi connectivity index (χ0v) is 12.3. The van der Waals surface area contributed by atoms with E-state index >= 15 is 0 Å². The standard InChI is InChI=1S/C14H18N2O3S/c1-19-11-12-5-4-8-16(10-12)20(17,18)14-7-3-2-6-13(14)9-15/h2-3,6-7,12H,4-5,8,10-11H2,1H3. The normalized spacial score (nSPS) is 20.5. The van der Waals surface area contributed by atoms with Gasteiger partial charge in [0, 0.05) is 20.2 Å². The highest BCUT2D eigenvalue weighted by Crippen LogP contribution is 2.25. The number of ether oxygens (including phenoxy) is 1. The number of nitrogens with zero attached hydrogens (tertiary/aromatic N) is 2. The average Bonchev–Trinajstić information content (AvgIpc) is 2.48. The van der Waals surface area contributed by atoms with Crippen molar-refractivity contribution < 1.29 is 13.2 Å². The zero-order valence-electron chi connectivity index (χ0n) is 11.4. The van der Waals surface area contributed by atoms with Crippen molar-refractivity contribution in [2.24, 2.45) is 5.92 Å². The number of methoxy groups -OCH3 is 1. The van der Waals surface area contributed by atoms with Gasteiger partial charge in [0.1, 0.15) is 6.07 Å². The van der Waals surface area contributed by atoms with Crippen LogP contribution in [0.5, 0.6) is 0 Å². The second-order valence-electron chi connectivity index (χ2n) is 4.93. The largest absolute Gasteiger partial charge is 0.384 e. The van der Waals surface area contributed by atoms with Gasteiger partial charge in [-0.1, -0.05) is 12.1 Å². The second kappa shape index (κ2) is 6.35. The van der Waals surface area contributed by atoms with Crippen molar-refractivity contribution in [1.29, 1.82) is 5.26 Å². The third-order valence-electron chi connectivity index (χ3n) is 3.51. The molecule has 1 fully saturated rings. The van der Waals surface area contributed by atoms with Gasteiger partial charge in [-0.25, -0.2) is 8.42 Å². The molecule has 0 radical (unpaired) electrons.